The predicted molar refractivity (Wildman–Crippen MR) is 96.6 cm³/mol. The molecular weight excluding hydrogens is 336 g/mol. The van der Waals surface area contributed by atoms with Gasteiger partial charge in [-0.25, -0.2) is 18.1 Å². The van der Waals surface area contributed by atoms with Crippen LogP contribution < -0.4 is 10.5 Å². The fraction of sp³-hybridized carbons (Fsp3) is 0.278. The molecule has 4 rings (SSSR count). The first-order chi connectivity index (χ1) is 12.1. The van der Waals surface area contributed by atoms with Crippen LogP contribution in [-0.2, 0) is 23.0 Å². The minimum absolute atomic E-state index is 0.179. The van der Waals surface area contributed by atoms with Crippen LogP contribution in [0.15, 0.2) is 53.7 Å². The summed E-state index contributed by atoms with van der Waals surface area (Å²) in [6.07, 6.45) is 3.18. The van der Waals surface area contributed by atoms with E-state index in [1.165, 1.54) is 6.20 Å². The van der Waals surface area contributed by atoms with Crippen LogP contribution in [0.1, 0.15) is 23.9 Å². The van der Waals surface area contributed by atoms with Crippen molar-refractivity contribution in [2.45, 2.75) is 30.5 Å². The highest BCUT2D eigenvalue weighted by atomic mass is 32.2. The van der Waals surface area contributed by atoms with Gasteiger partial charge in [-0.3, -0.25) is 0 Å². The molecule has 0 radical (unpaired) electrons. The molecule has 0 aliphatic carbocycles. The van der Waals surface area contributed by atoms with Crippen molar-refractivity contribution >= 4 is 20.8 Å². The number of imidazole rings is 1. The molecule has 3 aromatic rings. The Labute approximate surface area is 146 Å². The lowest BCUT2D eigenvalue weighted by Crippen LogP contribution is -2.34. The predicted octanol–water partition coefficient (Wildman–Crippen LogP) is 1.96. The van der Waals surface area contributed by atoms with E-state index in [2.05, 4.69) is 9.71 Å². The van der Waals surface area contributed by atoms with Crippen LogP contribution >= 0.6 is 0 Å². The van der Waals surface area contributed by atoms with Gasteiger partial charge in [0.2, 0.25) is 0 Å². The first-order valence-corrected chi connectivity index (χ1v) is 9.82. The molecule has 0 fully saturated rings. The topological polar surface area (TPSA) is 90.0 Å². The summed E-state index contributed by atoms with van der Waals surface area (Å²) >= 11 is 0. The van der Waals surface area contributed by atoms with Crippen LogP contribution in [0.25, 0.3) is 10.8 Å². The second-order valence-electron chi connectivity index (χ2n) is 6.28. The number of aromatic nitrogens is 2. The Morgan fingerprint density at radius 3 is 2.80 bits per heavy atom. The third-order valence-electron chi connectivity index (χ3n) is 4.67. The number of nitrogens with one attached hydrogen (secondary N) is 1. The molecule has 0 spiro atoms. The highest BCUT2D eigenvalue weighted by molar-refractivity contribution is 7.89. The average molecular weight is 356 g/mol. The van der Waals surface area contributed by atoms with Gasteiger partial charge in [0.1, 0.15) is 5.82 Å². The van der Waals surface area contributed by atoms with Crippen LogP contribution in [0.4, 0.5) is 0 Å². The Bertz CT molecular complexity index is 1030. The monoisotopic (exact) mass is 356 g/mol. The highest BCUT2D eigenvalue weighted by Crippen LogP contribution is 2.24. The number of benzene rings is 2. The highest BCUT2D eigenvalue weighted by Gasteiger charge is 2.27. The van der Waals surface area contributed by atoms with E-state index in [0.717, 1.165) is 35.0 Å². The molecule has 0 amide bonds. The zero-order valence-electron chi connectivity index (χ0n) is 13.7. The first kappa shape index (κ1) is 16.3. The van der Waals surface area contributed by atoms with Gasteiger partial charge in [-0.05, 0) is 28.8 Å². The SMILES string of the molecule is NCC(NS(=O)(=O)c1cnc2n1CCC2)c1ccc2ccccc2c1. The molecule has 1 unspecified atom stereocenters. The van der Waals surface area contributed by atoms with Crippen molar-refractivity contribution in [3.63, 3.8) is 0 Å². The molecule has 3 N–H and O–H groups in total. The lowest BCUT2D eigenvalue weighted by Gasteiger charge is -2.18. The maximum atomic E-state index is 12.8. The maximum absolute atomic E-state index is 12.8. The Balaban J connectivity index is 1.66. The van der Waals surface area contributed by atoms with E-state index in [0.29, 0.717) is 6.54 Å². The second-order valence-corrected chi connectivity index (χ2v) is 7.94. The van der Waals surface area contributed by atoms with Crippen molar-refractivity contribution in [2.24, 2.45) is 5.73 Å². The van der Waals surface area contributed by atoms with Gasteiger partial charge < -0.3 is 10.3 Å². The van der Waals surface area contributed by atoms with Crippen LogP contribution in [0.2, 0.25) is 0 Å². The largest absolute Gasteiger partial charge is 0.329 e. The first-order valence-electron chi connectivity index (χ1n) is 8.34. The molecule has 6 nitrogen and oxygen atoms in total. The van der Waals surface area contributed by atoms with Gasteiger partial charge in [-0.2, -0.15) is 0 Å². The molecule has 25 heavy (non-hydrogen) atoms. The summed E-state index contributed by atoms with van der Waals surface area (Å²) in [6, 6.07) is 13.4. The second kappa shape index (κ2) is 6.25. The minimum Gasteiger partial charge on any atom is -0.329 e. The number of fused-ring (bicyclic) bond motifs is 2. The molecule has 1 atom stereocenters. The summed E-state index contributed by atoms with van der Waals surface area (Å²) in [4.78, 5) is 4.22. The Morgan fingerprint density at radius 2 is 2.00 bits per heavy atom. The van der Waals surface area contributed by atoms with Crippen molar-refractivity contribution in [2.75, 3.05) is 6.54 Å². The summed E-state index contributed by atoms with van der Waals surface area (Å²) in [5.74, 6) is 0.829. The van der Waals surface area contributed by atoms with Crippen molar-refractivity contribution in [3.05, 3.63) is 60.0 Å². The molecule has 7 heteroatoms. The molecule has 0 bridgehead atoms. The minimum atomic E-state index is -3.68. The molecule has 1 aliphatic rings. The van der Waals surface area contributed by atoms with Gasteiger partial charge in [0, 0.05) is 19.5 Å². The normalized spacial score (nSPS) is 15.4. The van der Waals surface area contributed by atoms with Crippen molar-refractivity contribution in [3.8, 4) is 0 Å². The van der Waals surface area contributed by atoms with Gasteiger partial charge in [-0.1, -0.05) is 36.4 Å². The number of aryl methyl sites for hydroxylation is 1. The maximum Gasteiger partial charge on any atom is 0.258 e. The summed E-state index contributed by atoms with van der Waals surface area (Å²) in [5.41, 5.74) is 6.73. The third kappa shape index (κ3) is 2.95. The van der Waals surface area contributed by atoms with Crippen LogP contribution in [0, 0.1) is 0 Å². The molecule has 0 saturated carbocycles. The van der Waals surface area contributed by atoms with Crippen LogP contribution in [0.3, 0.4) is 0 Å². The number of nitrogens with two attached hydrogens (primary N) is 1. The molecule has 1 aliphatic heterocycles. The Hall–Kier alpha value is -2.22. The fourth-order valence-corrected chi connectivity index (χ4v) is 4.78. The zero-order valence-corrected chi connectivity index (χ0v) is 14.5. The molecule has 2 aromatic carbocycles. The summed E-state index contributed by atoms with van der Waals surface area (Å²) in [5, 5.41) is 2.39. The van der Waals surface area contributed by atoms with E-state index in [4.69, 9.17) is 5.73 Å². The lowest BCUT2D eigenvalue weighted by molar-refractivity contribution is 0.544. The smallest absolute Gasteiger partial charge is 0.258 e. The standard InChI is InChI=1S/C18H20N4O2S/c19-11-16(15-8-7-13-4-1-2-5-14(13)10-15)21-25(23,24)18-12-20-17-6-3-9-22(17)18/h1-2,4-5,7-8,10,12,16,21H,3,6,9,11,19H2. The molecular formula is C18H20N4O2S. The number of nitrogens with zero attached hydrogens (tertiary/aromatic N) is 2. The van der Waals surface area contributed by atoms with E-state index in [1.54, 1.807) is 4.57 Å². The van der Waals surface area contributed by atoms with Gasteiger partial charge in [0.05, 0.1) is 12.2 Å². The Kier molecular flexibility index (Phi) is 4.07. The van der Waals surface area contributed by atoms with E-state index in [9.17, 15) is 8.42 Å². The van der Waals surface area contributed by atoms with Gasteiger partial charge in [-0.15, -0.1) is 0 Å². The third-order valence-corrected chi connectivity index (χ3v) is 6.14. The average Bonchev–Trinajstić information content (AvgIpc) is 3.22. The number of rotatable bonds is 5. The fourth-order valence-electron chi connectivity index (χ4n) is 3.37. The van der Waals surface area contributed by atoms with Crippen molar-refractivity contribution in [1.29, 1.82) is 0 Å². The summed E-state index contributed by atoms with van der Waals surface area (Å²) < 4.78 is 30.2. The van der Waals surface area contributed by atoms with Crippen LogP contribution in [0.5, 0.6) is 0 Å². The van der Waals surface area contributed by atoms with E-state index < -0.39 is 16.1 Å². The van der Waals surface area contributed by atoms with Gasteiger partial charge >= 0.3 is 0 Å². The Morgan fingerprint density at radius 1 is 1.20 bits per heavy atom. The molecule has 2 heterocycles. The summed E-state index contributed by atoms with van der Waals surface area (Å²) in [6.45, 7) is 0.868. The van der Waals surface area contributed by atoms with E-state index in [-0.39, 0.29) is 11.6 Å². The van der Waals surface area contributed by atoms with Gasteiger partial charge in [0.15, 0.2) is 5.03 Å². The van der Waals surface area contributed by atoms with E-state index >= 15 is 0 Å². The quantitative estimate of drug-likeness (QED) is 0.731. The number of sulfonamides is 1. The van der Waals surface area contributed by atoms with Crippen molar-refractivity contribution < 1.29 is 8.42 Å². The van der Waals surface area contributed by atoms with Gasteiger partial charge in [0.25, 0.3) is 10.0 Å². The zero-order chi connectivity index (χ0) is 17.4. The lowest BCUT2D eigenvalue weighted by atomic mass is 10.0. The molecule has 130 valence electrons. The van der Waals surface area contributed by atoms with Crippen LogP contribution in [-0.4, -0.2) is 24.5 Å². The molecule has 0 saturated heterocycles. The number of hydrogen-bond acceptors (Lipinski definition) is 4. The van der Waals surface area contributed by atoms with E-state index in [1.807, 2.05) is 42.5 Å². The number of hydrogen-bond donors (Lipinski definition) is 2. The molecule has 1 aromatic heterocycles. The summed E-state index contributed by atoms with van der Waals surface area (Å²) in [7, 11) is -3.68. The van der Waals surface area contributed by atoms with Crippen molar-refractivity contribution in [1.82, 2.24) is 14.3 Å².